The molecule has 0 radical (unpaired) electrons. The van der Waals surface area contributed by atoms with Gasteiger partial charge < -0.3 is 14.0 Å². The molecule has 0 atom stereocenters. The molecule has 324 valence electrons. The first kappa shape index (κ1) is 40.1. The van der Waals surface area contributed by atoms with Crippen LogP contribution >= 0.6 is 0 Å². The minimum atomic E-state index is 1.09. The van der Waals surface area contributed by atoms with Gasteiger partial charge in [-0.1, -0.05) is 146 Å². The Morgan fingerprint density at radius 1 is 0.290 bits per heavy atom. The van der Waals surface area contributed by atoms with Crippen LogP contribution in [0.4, 0.5) is 17.1 Å². The van der Waals surface area contributed by atoms with Crippen LogP contribution in [0.1, 0.15) is 0 Å². The van der Waals surface area contributed by atoms with Crippen molar-refractivity contribution in [3.05, 3.63) is 267 Å². The summed E-state index contributed by atoms with van der Waals surface area (Å²) in [5, 5.41) is 4.87. The van der Waals surface area contributed by atoms with E-state index in [4.69, 9.17) is 0 Å². The van der Waals surface area contributed by atoms with Crippen molar-refractivity contribution in [2.45, 2.75) is 0 Å². The molecule has 69 heavy (non-hydrogen) atoms. The van der Waals surface area contributed by atoms with Gasteiger partial charge in [0.15, 0.2) is 0 Å². The molecular weight excluding hydrogens is 837 g/mol. The van der Waals surface area contributed by atoms with Crippen LogP contribution in [0.3, 0.4) is 0 Å². The summed E-state index contributed by atoms with van der Waals surface area (Å²) in [5.41, 5.74) is 19.3. The molecule has 0 aliphatic carbocycles. The molecular formula is C65H44N4. The Hall–Kier alpha value is -9.25. The molecule has 0 fully saturated rings. The summed E-state index contributed by atoms with van der Waals surface area (Å²) < 4.78 is 4.80. The molecule has 4 nitrogen and oxygen atoms in total. The molecule has 0 aliphatic heterocycles. The number of pyridine rings is 1. The third kappa shape index (κ3) is 7.06. The molecule has 13 aromatic rings. The van der Waals surface area contributed by atoms with Crippen LogP contribution in [0.2, 0.25) is 0 Å². The van der Waals surface area contributed by atoms with E-state index in [-0.39, 0.29) is 0 Å². The van der Waals surface area contributed by atoms with Gasteiger partial charge in [-0.15, -0.1) is 0 Å². The molecule has 0 aliphatic rings. The number of benzene rings is 10. The van der Waals surface area contributed by atoms with Crippen LogP contribution < -0.4 is 4.90 Å². The molecule has 0 unspecified atom stereocenters. The van der Waals surface area contributed by atoms with Crippen LogP contribution in [-0.4, -0.2) is 14.1 Å². The standard InChI is InChI=1S/C65H44N4/c1-5-19-52(20-6-1)67(53-21-7-2-8-22-53)61-29-15-13-27-56(61)51-39-49(38-50(40-51)47-32-34-58-57-28-14-16-30-62(57)68(64(58)43-47)54-23-9-3-10-24-54)45-33-36-63-60(41-45)59-35-31-46(48-18-17-37-66-44-48)42-65(59)69(63)55-25-11-4-12-26-55/h1-44H. The Bertz CT molecular complexity index is 3950. The zero-order valence-electron chi connectivity index (χ0n) is 37.7. The number of para-hydroxylation sites is 6. The van der Waals surface area contributed by atoms with Gasteiger partial charge in [-0.2, -0.15) is 0 Å². The van der Waals surface area contributed by atoms with Gasteiger partial charge in [-0.25, -0.2) is 0 Å². The van der Waals surface area contributed by atoms with Gasteiger partial charge in [0.25, 0.3) is 0 Å². The second-order valence-corrected chi connectivity index (χ2v) is 17.6. The summed E-state index contributed by atoms with van der Waals surface area (Å²) in [5.74, 6) is 0. The van der Waals surface area contributed by atoms with Crippen molar-refractivity contribution in [1.82, 2.24) is 14.1 Å². The van der Waals surface area contributed by atoms with Crippen LogP contribution in [0, 0.1) is 0 Å². The lowest BCUT2D eigenvalue weighted by Crippen LogP contribution is -2.10. The van der Waals surface area contributed by atoms with Gasteiger partial charge in [0.1, 0.15) is 0 Å². The van der Waals surface area contributed by atoms with E-state index >= 15 is 0 Å². The SMILES string of the molecule is c1ccc(N(c2ccccc2)c2ccccc2-c2cc(-c3ccc4c(c3)c3ccc(-c5cccnc5)cc3n4-c3ccccc3)cc(-c3ccc4c5ccccc5n(-c5ccccc5)c4c3)c2)cc1. The van der Waals surface area contributed by atoms with Gasteiger partial charge in [0.05, 0.1) is 27.8 Å². The highest BCUT2D eigenvalue weighted by atomic mass is 15.1. The van der Waals surface area contributed by atoms with Crippen molar-refractivity contribution in [1.29, 1.82) is 0 Å². The summed E-state index contributed by atoms with van der Waals surface area (Å²) in [6.07, 6.45) is 3.77. The molecule has 0 amide bonds. The second-order valence-electron chi connectivity index (χ2n) is 17.6. The van der Waals surface area contributed by atoms with Gasteiger partial charge in [-0.3, -0.25) is 4.98 Å². The number of nitrogens with zero attached hydrogens (tertiary/aromatic N) is 4. The summed E-state index contributed by atoms with van der Waals surface area (Å²) in [6, 6.07) is 92.4. The number of hydrogen-bond acceptors (Lipinski definition) is 2. The quantitative estimate of drug-likeness (QED) is 0.144. The molecule has 0 saturated heterocycles. The molecule has 4 heteroatoms. The summed E-state index contributed by atoms with van der Waals surface area (Å²) in [6.45, 7) is 0. The van der Waals surface area contributed by atoms with E-state index in [1.165, 1.54) is 32.6 Å². The van der Waals surface area contributed by atoms with Crippen molar-refractivity contribution in [2.75, 3.05) is 4.90 Å². The Labute approximate surface area is 400 Å². The number of anilines is 3. The Morgan fingerprint density at radius 2 is 0.768 bits per heavy atom. The maximum atomic E-state index is 4.45. The Morgan fingerprint density at radius 3 is 1.39 bits per heavy atom. The van der Waals surface area contributed by atoms with Crippen molar-refractivity contribution < 1.29 is 0 Å². The highest BCUT2D eigenvalue weighted by Crippen LogP contribution is 2.45. The van der Waals surface area contributed by atoms with E-state index in [9.17, 15) is 0 Å². The average molecular weight is 881 g/mol. The summed E-state index contributed by atoms with van der Waals surface area (Å²) in [4.78, 5) is 6.82. The summed E-state index contributed by atoms with van der Waals surface area (Å²) >= 11 is 0. The van der Waals surface area contributed by atoms with E-state index in [0.717, 1.165) is 84.0 Å². The molecule has 0 bridgehead atoms. The fraction of sp³-hybridized carbons (Fsp3) is 0. The monoisotopic (exact) mass is 880 g/mol. The zero-order chi connectivity index (χ0) is 45.7. The third-order valence-electron chi connectivity index (χ3n) is 13.5. The van der Waals surface area contributed by atoms with Crippen LogP contribution in [0.25, 0.3) is 99.5 Å². The number of rotatable bonds is 9. The first-order valence-corrected chi connectivity index (χ1v) is 23.5. The van der Waals surface area contributed by atoms with Crippen molar-refractivity contribution in [3.8, 4) is 55.9 Å². The molecule has 3 aromatic heterocycles. The van der Waals surface area contributed by atoms with E-state index < -0.39 is 0 Å². The highest BCUT2D eigenvalue weighted by molar-refractivity contribution is 6.12. The van der Waals surface area contributed by atoms with Gasteiger partial charge in [-0.05, 0) is 143 Å². The second kappa shape index (κ2) is 16.9. The third-order valence-corrected chi connectivity index (χ3v) is 13.5. The van der Waals surface area contributed by atoms with Crippen molar-refractivity contribution in [2.24, 2.45) is 0 Å². The van der Waals surface area contributed by atoms with Crippen LogP contribution in [0.15, 0.2) is 267 Å². The topological polar surface area (TPSA) is 26.0 Å². The van der Waals surface area contributed by atoms with Gasteiger partial charge >= 0.3 is 0 Å². The Kier molecular flexibility index (Phi) is 9.80. The van der Waals surface area contributed by atoms with Gasteiger partial charge in [0.2, 0.25) is 0 Å². The fourth-order valence-corrected chi connectivity index (χ4v) is 10.4. The minimum absolute atomic E-state index is 1.09. The normalized spacial score (nSPS) is 11.5. The molecule has 0 saturated carbocycles. The molecule has 0 N–H and O–H groups in total. The molecule has 3 heterocycles. The minimum Gasteiger partial charge on any atom is -0.310 e. The predicted octanol–water partition coefficient (Wildman–Crippen LogP) is 17.4. The first-order chi connectivity index (χ1) is 34.2. The fourth-order valence-electron chi connectivity index (χ4n) is 10.4. The lowest BCUT2D eigenvalue weighted by atomic mass is 9.91. The van der Waals surface area contributed by atoms with E-state index in [1.807, 2.05) is 18.5 Å². The number of aromatic nitrogens is 3. The van der Waals surface area contributed by atoms with Crippen molar-refractivity contribution in [3.63, 3.8) is 0 Å². The molecule has 10 aromatic carbocycles. The summed E-state index contributed by atoms with van der Waals surface area (Å²) in [7, 11) is 0. The van der Waals surface area contributed by atoms with E-state index in [1.54, 1.807) is 0 Å². The highest BCUT2D eigenvalue weighted by Gasteiger charge is 2.21. The number of hydrogen-bond donors (Lipinski definition) is 0. The smallest absolute Gasteiger partial charge is 0.0547 e. The van der Waals surface area contributed by atoms with E-state index in [2.05, 4.69) is 268 Å². The van der Waals surface area contributed by atoms with Crippen LogP contribution in [-0.2, 0) is 0 Å². The average Bonchev–Trinajstić information content (AvgIpc) is 3.94. The lowest BCUT2D eigenvalue weighted by molar-refractivity contribution is 1.18. The molecule has 0 spiro atoms. The predicted molar refractivity (Wildman–Crippen MR) is 289 cm³/mol. The Balaban J connectivity index is 1.05. The van der Waals surface area contributed by atoms with Crippen molar-refractivity contribution >= 4 is 60.7 Å². The largest absolute Gasteiger partial charge is 0.310 e. The maximum absolute atomic E-state index is 4.45. The zero-order valence-corrected chi connectivity index (χ0v) is 37.7. The maximum Gasteiger partial charge on any atom is 0.0547 e. The van der Waals surface area contributed by atoms with E-state index in [0.29, 0.717) is 0 Å². The van der Waals surface area contributed by atoms with Crippen LogP contribution in [0.5, 0.6) is 0 Å². The number of fused-ring (bicyclic) bond motifs is 6. The first-order valence-electron chi connectivity index (χ1n) is 23.5. The lowest BCUT2D eigenvalue weighted by Gasteiger charge is -2.28. The van der Waals surface area contributed by atoms with Gasteiger partial charge in [0, 0.05) is 67.8 Å². The molecule has 13 rings (SSSR count).